The third-order valence-electron chi connectivity index (χ3n) is 7.32. The van der Waals surface area contributed by atoms with Gasteiger partial charge in [0.05, 0.1) is 38.3 Å². The van der Waals surface area contributed by atoms with Crippen molar-refractivity contribution in [2.24, 2.45) is 0 Å². The number of imidazole rings is 1. The number of fused-ring (bicyclic) bond motifs is 1. The molecule has 0 aliphatic rings. The standard InChI is InChI=1S/C34H43N3O4/c1-4-26-15-18-28(19-16-26)41-23-11-10-22-37-30-13-8-7-12-29(30)36-33(37)14-6-5-9-21-35-34(38)25-27-17-20-31(39-2)32(24-27)40-3/h7-8,12-13,15-20,24H,4-6,9-11,14,21-23,25H2,1-3H3,(H,35,38). The van der Waals surface area contributed by atoms with Crippen LogP contribution < -0.4 is 19.5 Å². The number of nitrogens with zero attached hydrogens (tertiary/aromatic N) is 2. The number of para-hydroxylation sites is 2. The number of methoxy groups -OCH3 is 2. The highest BCUT2D eigenvalue weighted by Gasteiger charge is 2.11. The van der Waals surface area contributed by atoms with Crippen LogP contribution in [0.2, 0.25) is 0 Å². The summed E-state index contributed by atoms with van der Waals surface area (Å²) in [4.78, 5) is 17.4. The Balaban J connectivity index is 1.18. The van der Waals surface area contributed by atoms with Gasteiger partial charge in [-0.25, -0.2) is 4.98 Å². The molecule has 0 unspecified atom stereocenters. The van der Waals surface area contributed by atoms with Gasteiger partial charge < -0.3 is 24.1 Å². The number of hydrogen-bond donors (Lipinski definition) is 1. The molecule has 0 aliphatic heterocycles. The summed E-state index contributed by atoms with van der Waals surface area (Å²) in [7, 11) is 3.20. The van der Waals surface area contributed by atoms with Crippen LogP contribution in [0.5, 0.6) is 17.2 Å². The molecule has 41 heavy (non-hydrogen) atoms. The second kappa shape index (κ2) is 15.7. The van der Waals surface area contributed by atoms with Gasteiger partial charge in [-0.15, -0.1) is 0 Å². The molecule has 0 radical (unpaired) electrons. The van der Waals surface area contributed by atoms with Gasteiger partial charge in [0.2, 0.25) is 5.91 Å². The molecule has 1 amide bonds. The van der Waals surface area contributed by atoms with Crippen molar-refractivity contribution in [2.75, 3.05) is 27.4 Å². The van der Waals surface area contributed by atoms with Gasteiger partial charge in [-0.2, -0.15) is 0 Å². The number of ether oxygens (including phenoxy) is 3. The van der Waals surface area contributed by atoms with E-state index in [1.54, 1.807) is 14.2 Å². The van der Waals surface area contributed by atoms with Crippen LogP contribution in [0.1, 0.15) is 56.0 Å². The van der Waals surface area contributed by atoms with Crippen molar-refractivity contribution in [2.45, 2.75) is 64.8 Å². The summed E-state index contributed by atoms with van der Waals surface area (Å²) < 4.78 is 18.9. The van der Waals surface area contributed by atoms with Crippen molar-refractivity contribution in [1.82, 2.24) is 14.9 Å². The molecule has 0 atom stereocenters. The molecule has 0 aliphatic carbocycles. The summed E-state index contributed by atoms with van der Waals surface area (Å²) in [6, 6.07) is 22.3. The predicted octanol–water partition coefficient (Wildman–Crippen LogP) is 6.55. The summed E-state index contributed by atoms with van der Waals surface area (Å²) in [5, 5.41) is 3.04. The van der Waals surface area contributed by atoms with Crippen molar-refractivity contribution in [3.05, 3.63) is 83.7 Å². The van der Waals surface area contributed by atoms with Crippen LogP contribution in [0.4, 0.5) is 0 Å². The van der Waals surface area contributed by atoms with Crippen molar-refractivity contribution in [1.29, 1.82) is 0 Å². The lowest BCUT2D eigenvalue weighted by Crippen LogP contribution is -2.26. The van der Waals surface area contributed by atoms with Gasteiger partial charge in [0.25, 0.3) is 0 Å². The minimum Gasteiger partial charge on any atom is -0.494 e. The molecule has 0 saturated carbocycles. The molecule has 0 bridgehead atoms. The van der Waals surface area contributed by atoms with Gasteiger partial charge >= 0.3 is 0 Å². The Labute approximate surface area is 243 Å². The molecule has 3 aromatic carbocycles. The van der Waals surface area contributed by atoms with E-state index in [-0.39, 0.29) is 5.91 Å². The highest BCUT2D eigenvalue weighted by atomic mass is 16.5. The molecule has 7 nitrogen and oxygen atoms in total. The fraction of sp³-hybridized carbons (Fsp3) is 0.412. The number of aryl methyl sites for hydroxylation is 3. The third kappa shape index (κ3) is 8.74. The topological polar surface area (TPSA) is 74.6 Å². The van der Waals surface area contributed by atoms with E-state index in [1.165, 1.54) is 11.1 Å². The Kier molecular flexibility index (Phi) is 11.5. The smallest absolute Gasteiger partial charge is 0.224 e. The third-order valence-corrected chi connectivity index (χ3v) is 7.32. The molecular formula is C34H43N3O4. The van der Waals surface area contributed by atoms with Crippen LogP contribution in [0.15, 0.2) is 66.7 Å². The Morgan fingerprint density at radius 2 is 1.63 bits per heavy atom. The van der Waals surface area contributed by atoms with Crippen molar-refractivity contribution in [3.8, 4) is 17.2 Å². The quantitative estimate of drug-likeness (QED) is 0.149. The van der Waals surface area contributed by atoms with Gasteiger partial charge in [0.1, 0.15) is 11.6 Å². The monoisotopic (exact) mass is 557 g/mol. The molecule has 1 heterocycles. The molecule has 0 spiro atoms. The molecular weight excluding hydrogens is 514 g/mol. The molecule has 1 aromatic heterocycles. The number of aromatic nitrogens is 2. The van der Waals surface area contributed by atoms with Crippen LogP contribution in [-0.4, -0.2) is 42.8 Å². The predicted molar refractivity (Wildman–Crippen MR) is 164 cm³/mol. The van der Waals surface area contributed by atoms with Crippen molar-refractivity contribution < 1.29 is 19.0 Å². The number of nitrogens with one attached hydrogen (secondary N) is 1. The van der Waals surface area contributed by atoms with E-state index in [2.05, 4.69) is 59.3 Å². The van der Waals surface area contributed by atoms with E-state index in [0.717, 1.165) is 74.1 Å². The molecule has 218 valence electrons. The maximum absolute atomic E-state index is 12.4. The van der Waals surface area contributed by atoms with Crippen molar-refractivity contribution >= 4 is 16.9 Å². The second-order valence-electron chi connectivity index (χ2n) is 10.2. The lowest BCUT2D eigenvalue weighted by molar-refractivity contribution is -0.120. The number of unbranched alkanes of at least 4 members (excludes halogenated alkanes) is 3. The zero-order chi connectivity index (χ0) is 28.9. The first-order valence-electron chi connectivity index (χ1n) is 14.7. The first-order chi connectivity index (χ1) is 20.1. The molecule has 7 heteroatoms. The largest absolute Gasteiger partial charge is 0.494 e. The van der Waals surface area contributed by atoms with E-state index in [0.29, 0.717) is 31.1 Å². The lowest BCUT2D eigenvalue weighted by Gasteiger charge is -2.11. The second-order valence-corrected chi connectivity index (χ2v) is 10.2. The average Bonchev–Trinajstić information content (AvgIpc) is 3.36. The fourth-order valence-corrected chi connectivity index (χ4v) is 5.00. The highest BCUT2D eigenvalue weighted by Crippen LogP contribution is 2.27. The van der Waals surface area contributed by atoms with Gasteiger partial charge in [0, 0.05) is 19.5 Å². The molecule has 1 N–H and O–H groups in total. The zero-order valence-corrected chi connectivity index (χ0v) is 24.7. The summed E-state index contributed by atoms with van der Waals surface area (Å²) in [5.41, 5.74) is 4.47. The maximum Gasteiger partial charge on any atom is 0.224 e. The molecule has 4 aromatic rings. The SMILES string of the molecule is CCc1ccc(OCCCCn2c(CCCCCNC(=O)Cc3ccc(OC)c(OC)c3)nc3ccccc32)cc1. The fourth-order valence-electron chi connectivity index (χ4n) is 5.00. The summed E-state index contributed by atoms with van der Waals surface area (Å²) in [6.07, 6.45) is 7.32. The number of rotatable bonds is 17. The van der Waals surface area contributed by atoms with E-state index in [4.69, 9.17) is 19.2 Å². The molecule has 0 saturated heterocycles. The Hall–Kier alpha value is -4.00. The van der Waals surface area contributed by atoms with Crippen LogP contribution in [-0.2, 0) is 30.6 Å². The minimum atomic E-state index is 0.0148. The van der Waals surface area contributed by atoms with Crippen LogP contribution >= 0.6 is 0 Å². The first kappa shape index (κ1) is 30.0. The summed E-state index contributed by atoms with van der Waals surface area (Å²) >= 11 is 0. The van der Waals surface area contributed by atoms with Crippen LogP contribution in [0, 0.1) is 0 Å². The Bertz CT molecular complexity index is 1380. The Morgan fingerprint density at radius 1 is 0.854 bits per heavy atom. The van der Waals surface area contributed by atoms with Gasteiger partial charge in [-0.05, 0) is 79.6 Å². The minimum absolute atomic E-state index is 0.0148. The van der Waals surface area contributed by atoms with E-state index < -0.39 is 0 Å². The van der Waals surface area contributed by atoms with E-state index in [1.807, 2.05) is 24.3 Å². The number of carbonyl (C=O) groups is 1. The number of hydrogen-bond acceptors (Lipinski definition) is 5. The van der Waals surface area contributed by atoms with Gasteiger partial charge in [-0.3, -0.25) is 4.79 Å². The van der Waals surface area contributed by atoms with E-state index >= 15 is 0 Å². The summed E-state index contributed by atoms with van der Waals surface area (Å²) in [6.45, 7) is 4.48. The van der Waals surface area contributed by atoms with Crippen LogP contribution in [0.3, 0.4) is 0 Å². The van der Waals surface area contributed by atoms with Gasteiger partial charge in [-0.1, -0.05) is 43.7 Å². The molecule has 0 fully saturated rings. The van der Waals surface area contributed by atoms with E-state index in [9.17, 15) is 4.79 Å². The number of benzene rings is 3. The zero-order valence-electron chi connectivity index (χ0n) is 24.7. The van der Waals surface area contributed by atoms with Crippen LogP contribution in [0.25, 0.3) is 11.0 Å². The number of amides is 1. The Morgan fingerprint density at radius 3 is 2.41 bits per heavy atom. The normalized spacial score (nSPS) is 11.0. The molecule has 4 rings (SSSR count). The average molecular weight is 558 g/mol. The highest BCUT2D eigenvalue weighted by molar-refractivity contribution is 5.78. The summed E-state index contributed by atoms with van der Waals surface area (Å²) in [5.74, 6) is 3.39. The lowest BCUT2D eigenvalue weighted by atomic mass is 10.1. The maximum atomic E-state index is 12.4. The number of carbonyl (C=O) groups excluding carboxylic acids is 1. The van der Waals surface area contributed by atoms with Gasteiger partial charge in [0.15, 0.2) is 11.5 Å². The van der Waals surface area contributed by atoms with Crippen molar-refractivity contribution in [3.63, 3.8) is 0 Å². The first-order valence-corrected chi connectivity index (χ1v) is 14.7.